The number of ether oxygens (including phenoxy) is 1. The lowest BCUT2D eigenvalue weighted by atomic mass is 10.2. The van der Waals surface area contributed by atoms with E-state index >= 15 is 0 Å². The first-order valence-electron chi connectivity index (χ1n) is 10.2. The molecule has 0 bridgehead atoms. The molecule has 0 heterocycles. The van der Waals surface area contributed by atoms with Crippen molar-refractivity contribution in [2.45, 2.75) is 65.7 Å². The summed E-state index contributed by atoms with van der Waals surface area (Å²) < 4.78 is 5.92. The minimum Gasteiger partial charge on any atom is -1.00 e. The topological polar surface area (TPSA) is 26.3 Å². The predicted octanol–water partition coefficient (Wildman–Crippen LogP) is 3.69. The molecule has 0 unspecified atom stereocenters. The number of hydrogen-bond acceptors (Lipinski definition) is 2. The summed E-state index contributed by atoms with van der Waals surface area (Å²) in [5.74, 6) is 0.733. The van der Waals surface area contributed by atoms with Gasteiger partial charge in [-0.05, 0) is 31.4 Å². The summed E-state index contributed by atoms with van der Waals surface area (Å²) in [5, 5.41) is 0. The van der Waals surface area contributed by atoms with Crippen molar-refractivity contribution in [2.75, 3.05) is 31.3 Å². The molecule has 4 heteroatoms. The van der Waals surface area contributed by atoms with Gasteiger partial charge < -0.3 is 21.7 Å². The zero-order valence-corrected chi connectivity index (χ0v) is 19.5. The molecule has 1 rings (SSSR count). The van der Waals surface area contributed by atoms with Gasteiger partial charge in [0.2, 0.25) is 0 Å². The van der Waals surface area contributed by atoms with Crippen molar-refractivity contribution >= 4 is 13.5 Å². The Balaban J connectivity index is 0.00000625. The SMILES string of the molecule is CCCC[P+](CCCC)(CCCC)CCCOc1ccccc1C=O.[Br-]. The van der Waals surface area contributed by atoms with Crippen LogP contribution in [0.5, 0.6) is 5.75 Å². The number of carbonyl (C=O) groups is 1. The van der Waals surface area contributed by atoms with Crippen LogP contribution < -0.4 is 21.7 Å². The third-order valence-electron chi connectivity index (χ3n) is 5.04. The first kappa shape index (κ1) is 25.6. The first-order valence-corrected chi connectivity index (χ1v) is 12.8. The molecular formula is C22H38BrO2P. The van der Waals surface area contributed by atoms with Crippen molar-refractivity contribution in [2.24, 2.45) is 0 Å². The van der Waals surface area contributed by atoms with Gasteiger partial charge in [-0.3, -0.25) is 4.79 Å². The van der Waals surface area contributed by atoms with Crippen LogP contribution in [0, 0.1) is 0 Å². The molecule has 0 aromatic heterocycles. The van der Waals surface area contributed by atoms with Gasteiger partial charge in [0.05, 0.1) is 36.8 Å². The molecule has 0 aliphatic rings. The highest BCUT2D eigenvalue weighted by molar-refractivity contribution is 7.75. The maximum atomic E-state index is 11.1. The summed E-state index contributed by atoms with van der Waals surface area (Å²) in [5.41, 5.74) is 0.659. The van der Waals surface area contributed by atoms with E-state index in [4.69, 9.17) is 4.74 Å². The molecule has 0 radical (unpaired) electrons. The Labute approximate surface area is 172 Å². The van der Waals surface area contributed by atoms with Gasteiger partial charge in [0, 0.05) is 13.7 Å². The van der Waals surface area contributed by atoms with E-state index in [2.05, 4.69) is 20.8 Å². The number of unbranched alkanes of at least 4 members (excludes halogenated alkanes) is 3. The van der Waals surface area contributed by atoms with Crippen molar-refractivity contribution in [3.05, 3.63) is 29.8 Å². The van der Waals surface area contributed by atoms with Gasteiger partial charge in [0.25, 0.3) is 0 Å². The third kappa shape index (κ3) is 9.51. The van der Waals surface area contributed by atoms with Crippen LogP contribution in [0.2, 0.25) is 0 Å². The molecule has 2 nitrogen and oxygen atoms in total. The quantitative estimate of drug-likeness (QED) is 0.234. The van der Waals surface area contributed by atoms with Gasteiger partial charge in [-0.2, -0.15) is 0 Å². The second kappa shape index (κ2) is 15.6. The lowest BCUT2D eigenvalue weighted by molar-refractivity contribution is -0.0000125. The fourth-order valence-corrected chi connectivity index (χ4v) is 8.55. The predicted molar refractivity (Wildman–Crippen MR) is 113 cm³/mol. The van der Waals surface area contributed by atoms with Crippen LogP contribution in [0.3, 0.4) is 0 Å². The highest BCUT2D eigenvalue weighted by Gasteiger charge is 2.34. The average Bonchev–Trinajstić information content (AvgIpc) is 2.66. The van der Waals surface area contributed by atoms with Gasteiger partial charge in [0.15, 0.2) is 6.29 Å². The van der Waals surface area contributed by atoms with Crippen molar-refractivity contribution in [3.63, 3.8) is 0 Å². The van der Waals surface area contributed by atoms with Gasteiger partial charge in [-0.25, -0.2) is 0 Å². The fourth-order valence-electron chi connectivity index (χ4n) is 3.44. The van der Waals surface area contributed by atoms with Crippen molar-refractivity contribution in [3.8, 4) is 5.75 Å². The summed E-state index contributed by atoms with van der Waals surface area (Å²) in [6.45, 7) is 7.67. The highest BCUT2D eigenvalue weighted by Crippen LogP contribution is 2.61. The number of para-hydroxylation sites is 1. The van der Waals surface area contributed by atoms with Gasteiger partial charge in [0.1, 0.15) is 5.75 Å². The third-order valence-corrected chi connectivity index (χ3v) is 10.1. The Hall–Kier alpha value is -0.400. The number of benzene rings is 1. The first-order chi connectivity index (χ1) is 12.2. The molecule has 1 aromatic carbocycles. The van der Waals surface area contributed by atoms with Crippen LogP contribution in [0.1, 0.15) is 76.1 Å². The molecule has 0 atom stereocenters. The molecule has 0 aliphatic carbocycles. The van der Waals surface area contributed by atoms with E-state index in [1.807, 2.05) is 24.3 Å². The van der Waals surface area contributed by atoms with Gasteiger partial charge in [-0.1, -0.05) is 52.2 Å². The number of halogens is 1. The summed E-state index contributed by atoms with van der Waals surface area (Å²) in [6, 6.07) is 7.54. The molecule has 0 spiro atoms. The van der Waals surface area contributed by atoms with E-state index in [0.717, 1.165) is 25.1 Å². The van der Waals surface area contributed by atoms with E-state index in [9.17, 15) is 4.79 Å². The van der Waals surface area contributed by atoms with E-state index in [-0.39, 0.29) is 17.0 Å². The molecule has 0 N–H and O–H groups in total. The van der Waals surface area contributed by atoms with Crippen LogP contribution in [0.25, 0.3) is 0 Å². The Bertz CT molecular complexity index is 457. The van der Waals surface area contributed by atoms with Gasteiger partial charge >= 0.3 is 0 Å². The summed E-state index contributed by atoms with van der Waals surface area (Å²) in [7, 11) is -0.835. The zero-order valence-electron chi connectivity index (χ0n) is 17.0. The van der Waals surface area contributed by atoms with E-state index in [0.29, 0.717) is 5.56 Å². The van der Waals surface area contributed by atoms with E-state index < -0.39 is 7.26 Å². The largest absolute Gasteiger partial charge is 1.00 e. The van der Waals surface area contributed by atoms with Crippen LogP contribution in [-0.2, 0) is 0 Å². The minimum atomic E-state index is -0.835. The minimum absolute atomic E-state index is 0. The molecule has 150 valence electrons. The zero-order chi connectivity index (χ0) is 18.4. The molecule has 0 aliphatic heterocycles. The molecule has 0 saturated carbocycles. The summed E-state index contributed by atoms with van der Waals surface area (Å²) in [6.07, 6.45) is 15.8. The second-order valence-electron chi connectivity index (χ2n) is 7.15. The summed E-state index contributed by atoms with van der Waals surface area (Å²) in [4.78, 5) is 11.1. The van der Waals surface area contributed by atoms with Crippen molar-refractivity contribution < 1.29 is 26.5 Å². The average molecular weight is 445 g/mol. The maximum absolute atomic E-state index is 11.1. The molecule has 0 amide bonds. The molecule has 0 saturated heterocycles. The number of rotatable bonds is 15. The van der Waals surface area contributed by atoms with Crippen LogP contribution >= 0.6 is 7.26 Å². The van der Waals surface area contributed by atoms with Crippen LogP contribution in [0.15, 0.2) is 24.3 Å². The highest BCUT2D eigenvalue weighted by atomic mass is 79.9. The maximum Gasteiger partial charge on any atom is 0.153 e. The molecule has 26 heavy (non-hydrogen) atoms. The Morgan fingerprint density at radius 2 is 1.35 bits per heavy atom. The Morgan fingerprint density at radius 1 is 0.846 bits per heavy atom. The van der Waals surface area contributed by atoms with Crippen molar-refractivity contribution in [1.82, 2.24) is 0 Å². The standard InChI is InChI=1S/C22H38O2P.BrH/c1-4-7-16-25(17-8-5-2,18-9-6-3)19-12-15-24-22-14-11-10-13-21(22)20-23;/h10-11,13-14,20H,4-9,12,15-19H2,1-3H3;1H/q+1;/p-1. The number of carbonyl (C=O) groups excluding carboxylic acids is 1. The fraction of sp³-hybridized carbons (Fsp3) is 0.682. The second-order valence-corrected chi connectivity index (χ2v) is 11.6. The molecule has 0 fully saturated rings. The Morgan fingerprint density at radius 3 is 1.85 bits per heavy atom. The normalized spacial score (nSPS) is 11.0. The van der Waals surface area contributed by atoms with E-state index in [1.165, 1.54) is 63.2 Å². The Kier molecular flexibility index (Phi) is 15.4. The lowest BCUT2D eigenvalue weighted by Crippen LogP contribution is -3.00. The monoisotopic (exact) mass is 444 g/mol. The lowest BCUT2D eigenvalue weighted by Gasteiger charge is -2.28. The van der Waals surface area contributed by atoms with Crippen LogP contribution in [0.4, 0.5) is 0 Å². The van der Waals surface area contributed by atoms with Gasteiger partial charge in [-0.15, -0.1) is 0 Å². The van der Waals surface area contributed by atoms with E-state index in [1.54, 1.807) is 0 Å². The number of aldehydes is 1. The number of hydrogen-bond donors (Lipinski definition) is 0. The smallest absolute Gasteiger partial charge is 0.153 e. The van der Waals surface area contributed by atoms with Crippen LogP contribution in [-0.4, -0.2) is 37.5 Å². The molecule has 1 aromatic rings. The molecular weight excluding hydrogens is 407 g/mol. The summed E-state index contributed by atoms with van der Waals surface area (Å²) >= 11 is 0. The van der Waals surface area contributed by atoms with Crippen molar-refractivity contribution in [1.29, 1.82) is 0 Å².